The summed E-state index contributed by atoms with van der Waals surface area (Å²) in [6.07, 6.45) is 0. The molecule has 0 radical (unpaired) electrons. The van der Waals surface area contributed by atoms with Gasteiger partial charge in [0.1, 0.15) is 0 Å². The summed E-state index contributed by atoms with van der Waals surface area (Å²) in [5.74, 6) is 0. The van der Waals surface area contributed by atoms with Gasteiger partial charge < -0.3 is 0 Å². The average Bonchev–Trinajstić information content (AvgIpc) is 2.28. The van der Waals surface area contributed by atoms with Gasteiger partial charge in [-0.25, -0.2) is 0 Å². The van der Waals surface area contributed by atoms with Crippen LogP contribution in [-0.2, 0) is 0 Å². The van der Waals surface area contributed by atoms with Crippen LogP contribution in [0.1, 0.15) is 16.7 Å². The molecule has 0 spiro atoms. The zero-order chi connectivity index (χ0) is 14.3. The zero-order valence-electron chi connectivity index (χ0n) is 11.3. The molecule has 0 fully saturated rings. The van der Waals surface area contributed by atoms with Crippen LogP contribution in [0.25, 0.3) is 0 Å². The van der Waals surface area contributed by atoms with Crippen molar-refractivity contribution < 1.29 is 14.7 Å². The SMILES string of the molecule is Cc1ccc(P(O)(O)(O)c2ccc(C)cc2C)cc1. The Morgan fingerprint density at radius 1 is 0.737 bits per heavy atom. The molecule has 0 atom stereocenters. The number of rotatable bonds is 2. The molecule has 3 N–H and O–H groups in total. The van der Waals surface area contributed by atoms with Crippen molar-refractivity contribution in [2.45, 2.75) is 20.8 Å². The molecule has 0 aromatic heterocycles. The van der Waals surface area contributed by atoms with E-state index in [1.165, 1.54) is 0 Å². The molecule has 0 saturated carbocycles. The molecule has 0 bridgehead atoms. The first-order valence-corrected chi connectivity index (χ1v) is 8.20. The third-order valence-electron chi connectivity index (χ3n) is 3.31. The van der Waals surface area contributed by atoms with Gasteiger partial charge in [0, 0.05) is 0 Å². The zero-order valence-corrected chi connectivity index (χ0v) is 12.2. The minimum atomic E-state index is -5.03. The summed E-state index contributed by atoms with van der Waals surface area (Å²) in [6.45, 7) is 5.59. The van der Waals surface area contributed by atoms with E-state index >= 15 is 0 Å². The van der Waals surface area contributed by atoms with Gasteiger partial charge in [-0.2, -0.15) is 0 Å². The van der Waals surface area contributed by atoms with Crippen LogP contribution < -0.4 is 10.6 Å². The molecule has 4 heteroatoms. The van der Waals surface area contributed by atoms with Gasteiger partial charge in [-0.3, -0.25) is 0 Å². The summed E-state index contributed by atoms with van der Waals surface area (Å²) in [7, 11) is -5.03. The molecule has 102 valence electrons. The van der Waals surface area contributed by atoms with E-state index in [1.807, 2.05) is 19.9 Å². The number of aryl methyl sites for hydroxylation is 3. The summed E-state index contributed by atoms with van der Waals surface area (Å²) in [4.78, 5) is 31.6. The van der Waals surface area contributed by atoms with Gasteiger partial charge >= 0.3 is 112 Å². The van der Waals surface area contributed by atoms with E-state index < -0.39 is 7.28 Å². The standard InChI is InChI=1S/C15H19O3P/c1-11-4-7-14(8-5-11)19(16,17,18)15-9-6-12(2)10-13(15)3/h4-10,16-18H,1-3H3. The third-order valence-corrected chi connectivity index (χ3v) is 5.94. The van der Waals surface area contributed by atoms with Crippen LogP contribution >= 0.6 is 7.28 Å². The first kappa shape index (κ1) is 14.2. The van der Waals surface area contributed by atoms with E-state index in [-0.39, 0.29) is 10.6 Å². The quantitative estimate of drug-likeness (QED) is 0.735. The number of hydrogen-bond acceptors (Lipinski definition) is 3. The van der Waals surface area contributed by atoms with E-state index in [9.17, 15) is 14.7 Å². The fraction of sp³-hybridized carbons (Fsp3) is 0.200. The summed E-state index contributed by atoms with van der Waals surface area (Å²) in [5, 5.41) is 0.351. The van der Waals surface area contributed by atoms with E-state index in [2.05, 4.69) is 0 Å². The van der Waals surface area contributed by atoms with Gasteiger partial charge in [0.05, 0.1) is 0 Å². The van der Waals surface area contributed by atoms with E-state index in [4.69, 9.17) is 0 Å². The Morgan fingerprint density at radius 3 is 1.79 bits per heavy atom. The molecule has 0 aliphatic carbocycles. The fourth-order valence-electron chi connectivity index (χ4n) is 2.23. The van der Waals surface area contributed by atoms with Crippen LogP contribution in [-0.4, -0.2) is 14.7 Å². The predicted octanol–water partition coefficient (Wildman–Crippen LogP) is 1.84. The topological polar surface area (TPSA) is 60.7 Å². The Balaban J connectivity index is 2.64. The minimum absolute atomic E-state index is 0.156. The molecule has 2 aromatic carbocycles. The Kier molecular flexibility index (Phi) is 3.28. The first-order valence-electron chi connectivity index (χ1n) is 6.11. The summed E-state index contributed by atoms with van der Waals surface area (Å²) in [5.41, 5.74) is 2.68. The molecule has 0 aliphatic rings. The number of hydrogen-bond donors (Lipinski definition) is 3. The molecule has 0 aliphatic heterocycles. The summed E-state index contributed by atoms with van der Waals surface area (Å²) in [6, 6.07) is 11.8. The van der Waals surface area contributed by atoms with E-state index in [0.29, 0.717) is 5.56 Å². The van der Waals surface area contributed by atoms with Gasteiger partial charge in [-0.05, 0) is 0 Å². The van der Waals surface area contributed by atoms with Crippen molar-refractivity contribution in [3.05, 3.63) is 59.2 Å². The number of benzene rings is 2. The van der Waals surface area contributed by atoms with Crippen molar-refractivity contribution in [1.29, 1.82) is 0 Å². The van der Waals surface area contributed by atoms with Gasteiger partial charge in [0.15, 0.2) is 0 Å². The Labute approximate surface area is 113 Å². The molecule has 19 heavy (non-hydrogen) atoms. The molecule has 0 heterocycles. The van der Waals surface area contributed by atoms with Gasteiger partial charge in [-0.1, -0.05) is 0 Å². The molecule has 2 aromatic rings. The normalized spacial score (nSPS) is 13.9. The summed E-state index contributed by atoms with van der Waals surface area (Å²) >= 11 is 0. The average molecular weight is 278 g/mol. The maximum atomic E-state index is 10.5. The molecular weight excluding hydrogens is 259 g/mol. The molecule has 0 saturated heterocycles. The van der Waals surface area contributed by atoms with Gasteiger partial charge in [0.25, 0.3) is 0 Å². The second kappa shape index (κ2) is 4.39. The predicted molar refractivity (Wildman–Crippen MR) is 79.9 cm³/mol. The molecule has 2 rings (SSSR count). The van der Waals surface area contributed by atoms with Crippen LogP contribution in [0.2, 0.25) is 0 Å². The van der Waals surface area contributed by atoms with E-state index in [0.717, 1.165) is 11.1 Å². The van der Waals surface area contributed by atoms with Crippen molar-refractivity contribution in [1.82, 2.24) is 0 Å². The van der Waals surface area contributed by atoms with Crippen LogP contribution in [0.15, 0.2) is 42.5 Å². The molecule has 0 amide bonds. The third kappa shape index (κ3) is 2.56. The monoisotopic (exact) mass is 278 g/mol. The van der Waals surface area contributed by atoms with E-state index in [1.54, 1.807) is 43.3 Å². The van der Waals surface area contributed by atoms with Crippen LogP contribution in [0, 0.1) is 20.8 Å². The molecule has 0 unspecified atom stereocenters. The van der Waals surface area contributed by atoms with Crippen molar-refractivity contribution in [2.24, 2.45) is 0 Å². The molecular formula is C15H19O3P. The van der Waals surface area contributed by atoms with Crippen LogP contribution in [0.5, 0.6) is 0 Å². The Bertz CT molecular complexity index is 610. The second-order valence-electron chi connectivity index (χ2n) is 5.11. The van der Waals surface area contributed by atoms with Crippen LogP contribution in [0.3, 0.4) is 0 Å². The Morgan fingerprint density at radius 2 is 1.26 bits per heavy atom. The first-order chi connectivity index (χ1) is 8.69. The molecule has 3 nitrogen and oxygen atoms in total. The van der Waals surface area contributed by atoms with Crippen molar-refractivity contribution in [2.75, 3.05) is 0 Å². The van der Waals surface area contributed by atoms with Crippen molar-refractivity contribution in [3.8, 4) is 0 Å². The Hall–Kier alpha value is -1.25. The van der Waals surface area contributed by atoms with Crippen molar-refractivity contribution >= 4 is 17.9 Å². The summed E-state index contributed by atoms with van der Waals surface area (Å²) < 4.78 is 0. The van der Waals surface area contributed by atoms with Gasteiger partial charge in [0.2, 0.25) is 0 Å². The van der Waals surface area contributed by atoms with Gasteiger partial charge in [-0.15, -0.1) is 0 Å². The second-order valence-corrected chi connectivity index (χ2v) is 8.06. The van der Waals surface area contributed by atoms with Crippen LogP contribution in [0.4, 0.5) is 0 Å². The fourth-order valence-corrected chi connectivity index (χ4v) is 4.27. The van der Waals surface area contributed by atoms with Crippen molar-refractivity contribution in [3.63, 3.8) is 0 Å². The maximum absolute atomic E-state index is 10.5.